The Labute approximate surface area is 178 Å². The second-order valence-electron chi connectivity index (χ2n) is 7.16. The van der Waals surface area contributed by atoms with Gasteiger partial charge in [-0.15, -0.1) is 10.2 Å². The number of nitrogens with one attached hydrogen (secondary N) is 1. The van der Waals surface area contributed by atoms with Crippen molar-refractivity contribution in [1.82, 2.24) is 15.0 Å². The van der Waals surface area contributed by atoms with Crippen molar-refractivity contribution >= 4 is 22.6 Å². The van der Waals surface area contributed by atoms with E-state index in [0.29, 0.717) is 41.5 Å². The monoisotopic (exact) mass is 416 g/mol. The number of ether oxygens (including phenoxy) is 3. The number of aryl methyl sites for hydroxylation is 1. The number of fused-ring (bicyclic) bond motifs is 2. The molecular weight excluding hydrogens is 396 g/mol. The Balaban J connectivity index is 1.42. The quantitative estimate of drug-likeness (QED) is 0.545. The average Bonchev–Trinajstić information content (AvgIpc) is 3.21. The maximum absolute atomic E-state index is 12.8. The van der Waals surface area contributed by atoms with Crippen LogP contribution in [0.25, 0.3) is 16.7 Å². The van der Waals surface area contributed by atoms with Gasteiger partial charge in [0, 0.05) is 11.3 Å². The highest BCUT2D eigenvalue weighted by atomic mass is 16.6. The number of hydrogen-bond donors (Lipinski definition) is 1. The summed E-state index contributed by atoms with van der Waals surface area (Å²) in [4.78, 5) is 14.4. The normalized spacial score (nSPS) is 12.6. The fourth-order valence-electron chi connectivity index (χ4n) is 3.41. The standard InChI is InChI=1S/C23H20N4O4/c1-14-11-19-20(26-27(25-19)16-4-6-17(29-2)7-5-16)13-18(14)24-23(28)15-3-8-21-22(12-15)31-10-9-30-21/h3-8,11-13H,9-10H2,1-2H3,(H,24,28). The Kier molecular flexibility index (Phi) is 4.66. The minimum Gasteiger partial charge on any atom is -0.497 e. The Morgan fingerprint density at radius 2 is 1.68 bits per heavy atom. The third-order valence-corrected chi connectivity index (χ3v) is 5.08. The molecule has 1 aliphatic rings. The van der Waals surface area contributed by atoms with Crippen molar-refractivity contribution < 1.29 is 19.0 Å². The van der Waals surface area contributed by atoms with E-state index in [1.54, 1.807) is 30.1 Å². The maximum Gasteiger partial charge on any atom is 0.255 e. The Morgan fingerprint density at radius 1 is 0.968 bits per heavy atom. The molecule has 156 valence electrons. The molecule has 0 fully saturated rings. The van der Waals surface area contributed by atoms with E-state index in [-0.39, 0.29) is 5.91 Å². The first-order valence-corrected chi connectivity index (χ1v) is 9.84. The third kappa shape index (κ3) is 3.63. The summed E-state index contributed by atoms with van der Waals surface area (Å²) in [7, 11) is 1.62. The van der Waals surface area contributed by atoms with Crippen molar-refractivity contribution in [3.8, 4) is 22.9 Å². The van der Waals surface area contributed by atoms with Crippen LogP contribution in [0.4, 0.5) is 5.69 Å². The molecule has 31 heavy (non-hydrogen) atoms. The summed E-state index contributed by atoms with van der Waals surface area (Å²) in [6, 6.07) is 16.4. The van der Waals surface area contributed by atoms with Crippen LogP contribution < -0.4 is 19.5 Å². The zero-order valence-electron chi connectivity index (χ0n) is 17.1. The first kappa shape index (κ1) is 18.9. The number of anilines is 1. The highest BCUT2D eigenvalue weighted by Crippen LogP contribution is 2.31. The zero-order chi connectivity index (χ0) is 21.4. The van der Waals surface area contributed by atoms with Crippen LogP contribution in [0.15, 0.2) is 54.6 Å². The van der Waals surface area contributed by atoms with Gasteiger partial charge in [0.1, 0.15) is 30.0 Å². The molecule has 4 aromatic rings. The number of nitrogens with zero attached hydrogens (tertiary/aromatic N) is 3. The molecule has 0 spiro atoms. The molecule has 1 aliphatic heterocycles. The van der Waals surface area contributed by atoms with E-state index in [4.69, 9.17) is 14.2 Å². The third-order valence-electron chi connectivity index (χ3n) is 5.08. The van der Waals surface area contributed by atoms with Crippen LogP contribution in [0.1, 0.15) is 15.9 Å². The van der Waals surface area contributed by atoms with Crippen LogP contribution in [-0.2, 0) is 0 Å². The molecule has 0 atom stereocenters. The fraction of sp³-hybridized carbons (Fsp3) is 0.174. The predicted molar refractivity (Wildman–Crippen MR) is 116 cm³/mol. The summed E-state index contributed by atoms with van der Waals surface area (Å²) < 4.78 is 16.3. The first-order valence-electron chi connectivity index (χ1n) is 9.84. The second kappa shape index (κ2) is 7.64. The van der Waals surface area contributed by atoms with Gasteiger partial charge >= 0.3 is 0 Å². The highest BCUT2D eigenvalue weighted by Gasteiger charge is 2.16. The molecular formula is C23H20N4O4. The van der Waals surface area contributed by atoms with Gasteiger partial charge in [0.25, 0.3) is 5.91 Å². The summed E-state index contributed by atoms with van der Waals surface area (Å²) >= 11 is 0. The molecule has 3 aromatic carbocycles. The van der Waals surface area contributed by atoms with Gasteiger partial charge in [-0.05, 0) is 67.1 Å². The molecule has 2 heterocycles. The molecule has 0 unspecified atom stereocenters. The SMILES string of the molecule is COc1ccc(-n2nc3cc(C)c(NC(=O)c4ccc5c(c4)OCCO5)cc3n2)cc1. The molecule has 0 bridgehead atoms. The molecule has 0 aliphatic carbocycles. The minimum absolute atomic E-state index is 0.234. The van der Waals surface area contributed by atoms with E-state index in [1.165, 1.54) is 0 Å². The lowest BCUT2D eigenvalue weighted by molar-refractivity contribution is 0.102. The van der Waals surface area contributed by atoms with Crippen molar-refractivity contribution in [1.29, 1.82) is 0 Å². The van der Waals surface area contributed by atoms with E-state index >= 15 is 0 Å². The van der Waals surface area contributed by atoms with E-state index in [9.17, 15) is 4.79 Å². The van der Waals surface area contributed by atoms with Crippen molar-refractivity contribution in [2.75, 3.05) is 25.6 Å². The second-order valence-corrected chi connectivity index (χ2v) is 7.16. The Hall–Kier alpha value is -4.07. The maximum atomic E-state index is 12.8. The van der Waals surface area contributed by atoms with Crippen LogP contribution in [0.3, 0.4) is 0 Å². The van der Waals surface area contributed by atoms with Gasteiger partial charge in [0.05, 0.1) is 12.8 Å². The molecule has 1 aromatic heterocycles. The molecule has 0 radical (unpaired) electrons. The van der Waals surface area contributed by atoms with Gasteiger partial charge in [-0.2, -0.15) is 4.80 Å². The van der Waals surface area contributed by atoms with Gasteiger partial charge < -0.3 is 19.5 Å². The van der Waals surface area contributed by atoms with E-state index in [2.05, 4.69) is 15.5 Å². The van der Waals surface area contributed by atoms with Crippen LogP contribution >= 0.6 is 0 Å². The average molecular weight is 416 g/mol. The lowest BCUT2D eigenvalue weighted by Gasteiger charge is -2.18. The molecule has 5 rings (SSSR count). The molecule has 8 heteroatoms. The highest BCUT2D eigenvalue weighted by molar-refractivity contribution is 6.05. The number of carbonyl (C=O) groups excluding carboxylic acids is 1. The van der Waals surface area contributed by atoms with Gasteiger partial charge in [-0.3, -0.25) is 4.79 Å². The summed E-state index contributed by atoms with van der Waals surface area (Å²) in [6.45, 7) is 2.90. The van der Waals surface area contributed by atoms with Crippen molar-refractivity contribution in [2.45, 2.75) is 6.92 Å². The van der Waals surface area contributed by atoms with Gasteiger partial charge in [0.15, 0.2) is 11.5 Å². The lowest BCUT2D eigenvalue weighted by Crippen LogP contribution is -2.17. The van der Waals surface area contributed by atoms with Crippen molar-refractivity contribution in [2.24, 2.45) is 0 Å². The van der Waals surface area contributed by atoms with Gasteiger partial charge in [-0.1, -0.05) is 0 Å². The molecule has 1 amide bonds. The van der Waals surface area contributed by atoms with Crippen LogP contribution in [-0.4, -0.2) is 41.2 Å². The summed E-state index contributed by atoms with van der Waals surface area (Å²) in [6.07, 6.45) is 0. The molecule has 0 saturated carbocycles. The first-order chi connectivity index (χ1) is 15.1. The number of amides is 1. The van der Waals surface area contributed by atoms with Gasteiger partial charge in [-0.25, -0.2) is 0 Å². The number of methoxy groups -OCH3 is 1. The topological polar surface area (TPSA) is 87.5 Å². The Morgan fingerprint density at radius 3 is 2.42 bits per heavy atom. The number of carbonyl (C=O) groups is 1. The van der Waals surface area contributed by atoms with E-state index < -0.39 is 0 Å². The zero-order valence-corrected chi connectivity index (χ0v) is 17.1. The summed E-state index contributed by atoms with van der Waals surface area (Å²) in [5, 5.41) is 12.1. The largest absolute Gasteiger partial charge is 0.497 e. The molecule has 1 N–H and O–H groups in total. The predicted octanol–water partition coefficient (Wildman–Crippen LogP) is 3.76. The molecule has 8 nitrogen and oxygen atoms in total. The fourth-order valence-corrected chi connectivity index (χ4v) is 3.41. The number of hydrogen-bond acceptors (Lipinski definition) is 6. The van der Waals surface area contributed by atoms with Crippen molar-refractivity contribution in [3.05, 3.63) is 65.7 Å². The summed E-state index contributed by atoms with van der Waals surface area (Å²) in [5.41, 5.74) is 4.29. The van der Waals surface area contributed by atoms with Gasteiger partial charge in [0.2, 0.25) is 0 Å². The smallest absolute Gasteiger partial charge is 0.255 e. The lowest BCUT2D eigenvalue weighted by atomic mass is 10.1. The summed E-state index contributed by atoms with van der Waals surface area (Å²) in [5.74, 6) is 1.76. The van der Waals surface area contributed by atoms with E-state index in [1.807, 2.05) is 43.3 Å². The molecule has 0 saturated heterocycles. The number of aromatic nitrogens is 3. The van der Waals surface area contributed by atoms with Crippen LogP contribution in [0.5, 0.6) is 17.2 Å². The number of benzene rings is 3. The van der Waals surface area contributed by atoms with E-state index in [0.717, 1.165) is 22.5 Å². The van der Waals surface area contributed by atoms with Crippen LogP contribution in [0.2, 0.25) is 0 Å². The minimum atomic E-state index is -0.234. The Bertz CT molecular complexity index is 1280. The number of rotatable bonds is 4. The van der Waals surface area contributed by atoms with Crippen LogP contribution in [0, 0.1) is 6.92 Å². The van der Waals surface area contributed by atoms with Crippen molar-refractivity contribution in [3.63, 3.8) is 0 Å².